The summed E-state index contributed by atoms with van der Waals surface area (Å²) in [7, 11) is -0.310. The van der Waals surface area contributed by atoms with Gasteiger partial charge in [-0.3, -0.25) is 14.4 Å². The van der Waals surface area contributed by atoms with Gasteiger partial charge in [-0.05, 0) is 49.5 Å². The summed E-state index contributed by atoms with van der Waals surface area (Å²) >= 11 is 0. The second-order valence-electron chi connectivity index (χ2n) is 10.2. The SMILES string of the molecule is CN(C)C(=O)n1ccc2c(C=CS(=O)(=O)N3CCC4(CC3)N=C(C3CCCCC3)NC4=O)cccc21. The zero-order valence-electron chi connectivity index (χ0n) is 20.8. The van der Waals surface area contributed by atoms with Crippen LogP contribution in [0.25, 0.3) is 17.0 Å². The number of amidine groups is 1. The smallest absolute Gasteiger partial charge is 0.328 e. The number of hydrogen-bond donors (Lipinski definition) is 1. The molecule has 2 aliphatic heterocycles. The lowest BCUT2D eigenvalue weighted by Gasteiger charge is -2.34. The summed E-state index contributed by atoms with van der Waals surface area (Å²) in [4.78, 5) is 31.6. The second kappa shape index (κ2) is 9.48. The van der Waals surface area contributed by atoms with Crippen molar-refractivity contribution < 1.29 is 18.0 Å². The van der Waals surface area contributed by atoms with Crippen LogP contribution in [0, 0.1) is 5.92 Å². The minimum Gasteiger partial charge on any atom is -0.330 e. The Bertz CT molecular complexity index is 1340. The zero-order chi connectivity index (χ0) is 25.5. The topological polar surface area (TPSA) is 104 Å². The molecule has 1 N–H and O–H groups in total. The van der Waals surface area contributed by atoms with E-state index in [0.717, 1.165) is 36.9 Å². The number of piperidine rings is 1. The van der Waals surface area contributed by atoms with Gasteiger partial charge in [0, 0.05) is 50.1 Å². The molecule has 2 aromatic rings. The maximum Gasteiger partial charge on any atom is 0.328 e. The van der Waals surface area contributed by atoms with Gasteiger partial charge in [0.25, 0.3) is 5.91 Å². The van der Waals surface area contributed by atoms with Gasteiger partial charge in [0.2, 0.25) is 10.0 Å². The first-order valence-electron chi connectivity index (χ1n) is 12.6. The van der Waals surface area contributed by atoms with Crippen LogP contribution in [0.5, 0.6) is 0 Å². The summed E-state index contributed by atoms with van der Waals surface area (Å²) in [6, 6.07) is 7.11. The van der Waals surface area contributed by atoms with Gasteiger partial charge in [-0.25, -0.2) is 13.2 Å². The van der Waals surface area contributed by atoms with Crippen LogP contribution in [-0.2, 0) is 14.8 Å². The molecule has 10 heteroatoms. The van der Waals surface area contributed by atoms with E-state index in [2.05, 4.69) is 5.32 Å². The highest BCUT2D eigenvalue weighted by atomic mass is 32.2. The van der Waals surface area contributed by atoms with Crippen LogP contribution in [0.1, 0.15) is 50.5 Å². The number of nitrogens with one attached hydrogen (secondary N) is 1. The van der Waals surface area contributed by atoms with Crippen molar-refractivity contribution in [2.24, 2.45) is 10.9 Å². The van der Waals surface area contributed by atoms with Crippen molar-refractivity contribution in [3.8, 4) is 0 Å². The summed E-state index contributed by atoms with van der Waals surface area (Å²) in [5, 5.41) is 5.03. The van der Waals surface area contributed by atoms with E-state index in [-0.39, 0.29) is 25.0 Å². The summed E-state index contributed by atoms with van der Waals surface area (Å²) in [6.07, 6.45) is 9.70. The highest BCUT2D eigenvalue weighted by molar-refractivity contribution is 7.92. The fraction of sp³-hybridized carbons (Fsp3) is 0.500. The van der Waals surface area contributed by atoms with Gasteiger partial charge < -0.3 is 10.2 Å². The monoisotopic (exact) mass is 511 g/mol. The average molecular weight is 512 g/mol. The molecule has 3 heterocycles. The molecule has 1 spiro atoms. The molecule has 1 aliphatic carbocycles. The Morgan fingerprint density at radius 3 is 2.56 bits per heavy atom. The highest BCUT2D eigenvalue weighted by Gasteiger charge is 2.48. The summed E-state index contributed by atoms with van der Waals surface area (Å²) < 4.78 is 29.2. The van der Waals surface area contributed by atoms with E-state index in [1.807, 2.05) is 18.2 Å². The van der Waals surface area contributed by atoms with Crippen LogP contribution < -0.4 is 5.32 Å². The molecule has 0 bridgehead atoms. The van der Waals surface area contributed by atoms with E-state index in [0.29, 0.717) is 29.8 Å². The Labute approximate surface area is 211 Å². The Balaban J connectivity index is 1.30. The van der Waals surface area contributed by atoms with Crippen LogP contribution in [-0.4, -0.2) is 72.7 Å². The van der Waals surface area contributed by atoms with Crippen molar-refractivity contribution in [3.63, 3.8) is 0 Å². The van der Waals surface area contributed by atoms with E-state index < -0.39 is 15.6 Å². The normalized spacial score (nSPS) is 21.3. The Hall–Kier alpha value is -2.98. The lowest BCUT2D eigenvalue weighted by Crippen LogP contribution is -2.50. The van der Waals surface area contributed by atoms with Crippen molar-refractivity contribution >= 4 is 44.8 Å². The second-order valence-corrected chi connectivity index (χ2v) is 12.0. The van der Waals surface area contributed by atoms with Crippen molar-refractivity contribution in [2.45, 2.75) is 50.5 Å². The molecule has 1 saturated carbocycles. The van der Waals surface area contributed by atoms with Crippen LogP contribution >= 0.6 is 0 Å². The van der Waals surface area contributed by atoms with E-state index in [1.54, 1.807) is 37.0 Å². The van der Waals surface area contributed by atoms with Crippen LogP contribution in [0.4, 0.5) is 4.79 Å². The average Bonchev–Trinajstić information content (AvgIpc) is 3.45. The highest BCUT2D eigenvalue weighted by Crippen LogP contribution is 2.35. The van der Waals surface area contributed by atoms with Gasteiger partial charge in [0.15, 0.2) is 0 Å². The number of aliphatic imine (C=N–C) groups is 1. The Morgan fingerprint density at radius 1 is 1.14 bits per heavy atom. The predicted molar refractivity (Wildman–Crippen MR) is 140 cm³/mol. The van der Waals surface area contributed by atoms with Crippen molar-refractivity contribution in [3.05, 3.63) is 41.4 Å². The first kappa shape index (κ1) is 24.7. The van der Waals surface area contributed by atoms with Crippen molar-refractivity contribution in [2.75, 3.05) is 27.2 Å². The third-order valence-corrected chi connectivity index (χ3v) is 9.24. The lowest BCUT2D eigenvalue weighted by molar-refractivity contribution is -0.125. The number of rotatable bonds is 4. The molecule has 1 aromatic heterocycles. The first-order valence-corrected chi connectivity index (χ1v) is 14.1. The maximum atomic E-state index is 13.1. The molecule has 36 heavy (non-hydrogen) atoms. The fourth-order valence-electron chi connectivity index (χ4n) is 5.53. The standard InChI is InChI=1S/C26H33N5O4S/c1-29(2)25(33)31-15-11-21-19(9-6-10-22(21)31)12-18-36(34,35)30-16-13-26(14-17-30)24(32)27-23(28-26)20-7-4-3-5-8-20/h6,9-12,15,18,20H,3-5,7-8,13-14,16-17H2,1-2H3,(H,27,28,32). The summed E-state index contributed by atoms with van der Waals surface area (Å²) in [5.74, 6) is 1.04. The van der Waals surface area contributed by atoms with Gasteiger partial charge in [0.1, 0.15) is 11.4 Å². The number of carbonyl (C=O) groups excluding carboxylic acids is 2. The fourth-order valence-corrected chi connectivity index (χ4v) is 6.71. The number of aromatic nitrogens is 1. The molecule has 0 unspecified atom stereocenters. The van der Waals surface area contributed by atoms with Crippen LogP contribution in [0.3, 0.4) is 0 Å². The number of nitrogens with zero attached hydrogens (tertiary/aromatic N) is 4. The predicted octanol–water partition coefficient (Wildman–Crippen LogP) is 3.41. The van der Waals surface area contributed by atoms with Gasteiger partial charge >= 0.3 is 6.03 Å². The summed E-state index contributed by atoms with van der Waals surface area (Å²) in [6.45, 7) is 0.499. The molecule has 2 amide bonds. The minimum atomic E-state index is -3.68. The number of carbonyl (C=O) groups is 2. The molecule has 5 rings (SSSR count). The largest absolute Gasteiger partial charge is 0.330 e. The zero-order valence-corrected chi connectivity index (χ0v) is 21.6. The van der Waals surface area contributed by atoms with Crippen LogP contribution in [0.2, 0.25) is 0 Å². The molecule has 1 saturated heterocycles. The molecule has 0 radical (unpaired) electrons. The lowest BCUT2D eigenvalue weighted by atomic mass is 9.88. The molecule has 1 aromatic carbocycles. The third kappa shape index (κ3) is 4.48. The van der Waals surface area contributed by atoms with Gasteiger partial charge in [-0.2, -0.15) is 4.31 Å². The minimum absolute atomic E-state index is 0.0841. The van der Waals surface area contributed by atoms with E-state index in [9.17, 15) is 18.0 Å². The number of sulfonamides is 1. The molecule has 3 aliphatic rings. The van der Waals surface area contributed by atoms with Gasteiger partial charge in [-0.15, -0.1) is 0 Å². The number of fused-ring (bicyclic) bond motifs is 1. The number of benzene rings is 1. The van der Waals surface area contributed by atoms with Gasteiger partial charge in [0.05, 0.1) is 5.52 Å². The third-order valence-electron chi connectivity index (χ3n) is 7.67. The van der Waals surface area contributed by atoms with Crippen molar-refractivity contribution in [1.82, 2.24) is 19.1 Å². The maximum absolute atomic E-state index is 13.1. The molecule has 192 valence electrons. The van der Waals surface area contributed by atoms with Crippen molar-refractivity contribution in [1.29, 1.82) is 0 Å². The molecule has 0 atom stereocenters. The summed E-state index contributed by atoms with van der Waals surface area (Å²) in [5.41, 5.74) is 0.592. The quantitative estimate of drug-likeness (QED) is 0.679. The molecule has 9 nitrogen and oxygen atoms in total. The van der Waals surface area contributed by atoms with E-state index in [1.165, 1.54) is 21.0 Å². The number of hydrogen-bond acceptors (Lipinski definition) is 5. The molecule has 2 fully saturated rings. The van der Waals surface area contributed by atoms with Gasteiger partial charge in [-0.1, -0.05) is 31.4 Å². The first-order chi connectivity index (χ1) is 17.2. The van der Waals surface area contributed by atoms with Crippen LogP contribution in [0.15, 0.2) is 40.9 Å². The van der Waals surface area contributed by atoms with E-state index >= 15 is 0 Å². The molecular formula is C26H33N5O4S. The Kier molecular flexibility index (Phi) is 6.50. The Morgan fingerprint density at radius 2 is 1.86 bits per heavy atom. The number of amides is 2. The van der Waals surface area contributed by atoms with E-state index in [4.69, 9.17) is 4.99 Å². The molecular weight excluding hydrogens is 478 g/mol.